The molecule has 0 bridgehead atoms. The lowest BCUT2D eigenvalue weighted by atomic mass is 9.63. The molecule has 1 aromatic heterocycles. The number of hydrogen-bond acceptors (Lipinski definition) is 1. The second kappa shape index (κ2) is 5.70. The maximum atomic E-state index is 4.77. The molecule has 0 N–H and O–H groups in total. The van der Waals surface area contributed by atoms with Crippen LogP contribution in [0.2, 0.25) is 0 Å². The van der Waals surface area contributed by atoms with E-state index in [4.69, 9.17) is 4.98 Å². The molecule has 2 aliphatic carbocycles. The van der Waals surface area contributed by atoms with Crippen LogP contribution in [0.1, 0.15) is 55.6 Å². The highest BCUT2D eigenvalue weighted by atomic mass is 14.7. The zero-order valence-electron chi connectivity index (χ0n) is 18.0. The van der Waals surface area contributed by atoms with Crippen molar-refractivity contribution in [2.75, 3.05) is 0 Å². The predicted molar refractivity (Wildman–Crippen MR) is 126 cm³/mol. The molecule has 1 spiro atoms. The minimum absolute atomic E-state index is 0.0714. The highest BCUT2D eigenvalue weighted by Gasteiger charge is 2.48. The number of benzene rings is 3. The molecule has 0 radical (unpaired) electrons. The quantitative estimate of drug-likeness (QED) is 0.309. The van der Waals surface area contributed by atoms with Crippen molar-refractivity contribution >= 4 is 16.8 Å². The van der Waals surface area contributed by atoms with E-state index in [1.807, 2.05) is 6.20 Å². The molecule has 1 heteroatoms. The van der Waals surface area contributed by atoms with Gasteiger partial charge in [-0.15, -0.1) is 0 Å². The number of nitrogens with zero attached hydrogens (tertiary/aromatic N) is 1. The number of aromatic nitrogens is 1. The molecule has 0 saturated carbocycles. The fraction of sp³-hybridized carbons (Fsp3) is 0.207. The van der Waals surface area contributed by atoms with E-state index in [2.05, 4.69) is 101 Å². The van der Waals surface area contributed by atoms with Gasteiger partial charge in [-0.2, -0.15) is 0 Å². The molecule has 2 aliphatic rings. The predicted octanol–water partition coefficient (Wildman–Crippen LogP) is 7.26. The normalized spacial score (nSPS) is 15.8. The molecule has 0 amide bonds. The van der Waals surface area contributed by atoms with Gasteiger partial charge in [0, 0.05) is 11.6 Å². The SMILES string of the molecule is CC1=Cc2nccc3cc(C(C)(C)C)cc(c23)C12c1ccccc1-c1ccccc12. The number of fused-ring (bicyclic) bond motifs is 6. The van der Waals surface area contributed by atoms with Crippen LogP contribution in [0.4, 0.5) is 0 Å². The van der Waals surface area contributed by atoms with Crippen LogP contribution >= 0.6 is 0 Å². The van der Waals surface area contributed by atoms with E-state index in [1.54, 1.807) is 0 Å². The third-order valence-corrected chi connectivity index (χ3v) is 7.06. The van der Waals surface area contributed by atoms with Gasteiger partial charge in [-0.1, -0.05) is 87.0 Å². The topological polar surface area (TPSA) is 12.9 Å². The first kappa shape index (κ1) is 17.7. The van der Waals surface area contributed by atoms with Gasteiger partial charge >= 0.3 is 0 Å². The molecule has 146 valence electrons. The van der Waals surface area contributed by atoms with Crippen LogP contribution in [0.5, 0.6) is 0 Å². The van der Waals surface area contributed by atoms with Gasteiger partial charge in [0.05, 0.1) is 11.1 Å². The monoisotopic (exact) mass is 387 g/mol. The average molecular weight is 388 g/mol. The van der Waals surface area contributed by atoms with Crippen LogP contribution in [0.3, 0.4) is 0 Å². The van der Waals surface area contributed by atoms with Gasteiger partial charge in [-0.05, 0) is 63.2 Å². The summed E-state index contributed by atoms with van der Waals surface area (Å²) in [4.78, 5) is 4.77. The first-order valence-corrected chi connectivity index (χ1v) is 10.7. The average Bonchev–Trinajstić information content (AvgIpc) is 3.03. The molecule has 0 atom stereocenters. The summed E-state index contributed by atoms with van der Waals surface area (Å²) in [7, 11) is 0. The standard InChI is InChI=1S/C29H25N/c1-18-15-26-27-19(13-14-30-26)16-20(28(2,3)4)17-25(27)29(18)23-11-7-5-9-21(23)22-10-6-8-12-24(22)29/h5-17H,1-4H3. The number of allylic oxidation sites excluding steroid dienone is 1. The van der Waals surface area contributed by atoms with E-state index in [-0.39, 0.29) is 10.8 Å². The van der Waals surface area contributed by atoms with Crippen molar-refractivity contribution in [2.45, 2.75) is 38.5 Å². The van der Waals surface area contributed by atoms with E-state index in [9.17, 15) is 0 Å². The largest absolute Gasteiger partial charge is 0.256 e. The first-order valence-electron chi connectivity index (χ1n) is 10.7. The Kier molecular flexibility index (Phi) is 3.35. The third-order valence-electron chi connectivity index (χ3n) is 7.06. The molecule has 30 heavy (non-hydrogen) atoms. The summed E-state index contributed by atoms with van der Waals surface area (Å²) in [5, 5.41) is 2.58. The van der Waals surface area contributed by atoms with E-state index >= 15 is 0 Å². The summed E-state index contributed by atoms with van der Waals surface area (Å²) >= 11 is 0. The van der Waals surface area contributed by atoms with Gasteiger partial charge in [0.15, 0.2) is 0 Å². The Balaban J connectivity index is 1.85. The van der Waals surface area contributed by atoms with Crippen LogP contribution in [0, 0.1) is 0 Å². The van der Waals surface area contributed by atoms with Gasteiger partial charge < -0.3 is 0 Å². The lowest BCUT2D eigenvalue weighted by molar-refractivity contribution is 0.588. The Morgan fingerprint density at radius 3 is 2.03 bits per heavy atom. The van der Waals surface area contributed by atoms with Crippen LogP contribution in [-0.2, 0) is 10.8 Å². The van der Waals surface area contributed by atoms with Crippen LogP contribution in [0.25, 0.3) is 28.0 Å². The summed E-state index contributed by atoms with van der Waals surface area (Å²) in [5.41, 5.74) is 10.5. The molecule has 0 saturated heterocycles. The number of rotatable bonds is 0. The van der Waals surface area contributed by atoms with Crippen molar-refractivity contribution in [1.82, 2.24) is 4.98 Å². The zero-order chi connectivity index (χ0) is 20.7. The summed E-state index contributed by atoms with van der Waals surface area (Å²) in [6.07, 6.45) is 4.26. The second-order valence-corrected chi connectivity index (χ2v) is 9.74. The van der Waals surface area contributed by atoms with Crippen molar-refractivity contribution in [2.24, 2.45) is 0 Å². The van der Waals surface area contributed by atoms with Crippen molar-refractivity contribution in [3.63, 3.8) is 0 Å². The summed E-state index contributed by atoms with van der Waals surface area (Å²) in [6.45, 7) is 9.19. The lowest BCUT2D eigenvalue weighted by Gasteiger charge is -2.39. The molecular formula is C29H25N. The van der Waals surface area contributed by atoms with E-state index in [1.165, 1.54) is 49.7 Å². The Morgan fingerprint density at radius 2 is 1.40 bits per heavy atom. The van der Waals surface area contributed by atoms with Crippen molar-refractivity contribution in [3.05, 3.63) is 106 Å². The van der Waals surface area contributed by atoms with Gasteiger partial charge in [-0.3, -0.25) is 4.98 Å². The van der Waals surface area contributed by atoms with E-state index < -0.39 is 0 Å². The molecule has 1 heterocycles. The number of pyridine rings is 1. The molecule has 6 rings (SSSR count). The zero-order valence-corrected chi connectivity index (χ0v) is 18.0. The Bertz CT molecular complexity index is 1340. The minimum Gasteiger partial charge on any atom is -0.256 e. The Labute approximate surface area is 178 Å². The summed E-state index contributed by atoms with van der Waals surface area (Å²) in [6, 6.07) is 24.9. The molecule has 0 fully saturated rings. The fourth-order valence-corrected chi connectivity index (χ4v) is 5.66. The van der Waals surface area contributed by atoms with Gasteiger partial charge in [0.1, 0.15) is 0 Å². The van der Waals surface area contributed by atoms with Crippen molar-refractivity contribution in [1.29, 1.82) is 0 Å². The maximum absolute atomic E-state index is 4.77. The first-order chi connectivity index (χ1) is 14.4. The Morgan fingerprint density at radius 1 is 0.767 bits per heavy atom. The molecule has 1 nitrogen and oxygen atoms in total. The maximum Gasteiger partial charge on any atom is 0.0711 e. The number of hydrogen-bond donors (Lipinski definition) is 0. The second-order valence-electron chi connectivity index (χ2n) is 9.74. The van der Waals surface area contributed by atoms with Crippen LogP contribution in [-0.4, -0.2) is 4.98 Å². The third kappa shape index (κ3) is 2.05. The Hall–Kier alpha value is -3.19. The highest BCUT2D eigenvalue weighted by molar-refractivity contribution is 6.01. The fourth-order valence-electron chi connectivity index (χ4n) is 5.66. The van der Waals surface area contributed by atoms with Crippen molar-refractivity contribution in [3.8, 4) is 11.1 Å². The molecule has 0 aliphatic heterocycles. The smallest absolute Gasteiger partial charge is 0.0711 e. The van der Waals surface area contributed by atoms with Crippen molar-refractivity contribution < 1.29 is 0 Å². The summed E-state index contributed by atoms with van der Waals surface area (Å²) in [5.74, 6) is 0. The van der Waals surface area contributed by atoms with E-state index in [0.29, 0.717) is 0 Å². The van der Waals surface area contributed by atoms with Crippen LogP contribution in [0.15, 0.2) is 78.5 Å². The van der Waals surface area contributed by atoms with Gasteiger partial charge in [-0.25, -0.2) is 0 Å². The van der Waals surface area contributed by atoms with Crippen LogP contribution < -0.4 is 0 Å². The van der Waals surface area contributed by atoms with E-state index in [0.717, 1.165) is 5.69 Å². The molecule has 3 aromatic carbocycles. The molecule has 4 aromatic rings. The highest BCUT2D eigenvalue weighted by Crippen LogP contribution is 2.59. The van der Waals surface area contributed by atoms with Gasteiger partial charge in [0.25, 0.3) is 0 Å². The van der Waals surface area contributed by atoms with Gasteiger partial charge in [0.2, 0.25) is 0 Å². The summed E-state index contributed by atoms with van der Waals surface area (Å²) < 4.78 is 0. The lowest BCUT2D eigenvalue weighted by Crippen LogP contribution is -2.31. The molecular weight excluding hydrogens is 362 g/mol. The molecule has 0 unspecified atom stereocenters. The minimum atomic E-state index is -0.261.